The van der Waals surface area contributed by atoms with Crippen molar-refractivity contribution in [3.8, 4) is 0 Å². The van der Waals surface area contributed by atoms with Crippen molar-refractivity contribution in [3.05, 3.63) is 0 Å². The summed E-state index contributed by atoms with van der Waals surface area (Å²) in [7, 11) is -9.93. The Morgan fingerprint density at radius 2 is 0.466 bits per heavy atom. The fourth-order valence-corrected chi connectivity index (χ4v) is 14.5. The number of phosphoric acid groups is 2. The molecule has 17 nitrogen and oxygen atoms in total. The summed E-state index contributed by atoms with van der Waals surface area (Å²) in [5.74, 6) is 1.03. The van der Waals surface area contributed by atoms with Gasteiger partial charge in [0, 0.05) is 25.7 Å². The van der Waals surface area contributed by atoms with Crippen LogP contribution in [-0.4, -0.2) is 96.7 Å². The Morgan fingerprint density at radius 1 is 0.272 bits per heavy atom. The Kier molecular flexibility index (Phi) is 71.5. The molecular weight excluding hydrogens is 1340 g/mol. The van der Waals surface area contributed by atoms with E-state index >= 15 is 0 Å². The molecule has 0 fully saturated rings. The van der Waals surface area contributed by atoms with Crippen LogP contribution in [0.3, 0.4) is 0 Å². The Hall–Kier alpha value is -1.94. The van der Waals surface area contributed by atoms with E-state index in [2.05, 4.69) is 55.4 Å². The molecule has 4 unspecified atom stereocenters. The number of aliphatic hydroxyl groups excluding tert-OH is 1. The lowest BCUT2D eigenvalue weighted by atomic mass is 9.99. The number of rotatable bonds is 81. The van der Waals surface area contributed by atoms with E-state index in [0.29, 0.717) is 31.6 Å². The second-order valence-corrected chi connectivity index (χ2v) is 34.8. The summed E-state index contributed by atoms with van der Waals surface area (Å²) in [5.41, 5.74) is 0. The Bertz CT molecular complexity index is 2010. The molecule has 0 aliphatic heterocycles. The molecule has 0 aromatic heterocycles. The second kappa shape index (κ2) is 72.9. The van der Waals surface area contributed by atoms with Crippen LogP contribution in [0.2, 0.25) is 0 Å². The molecule has 0 aromatic carbocycles. The van der Waals surface area contributed by atoms with Gasteiger partial charge in [-0.2, -0.15) is 0 Å². The van der Waals surface area contributed by atoms with Crippen LogP contribution >= 0.6 is 15.6 Å². The van der Waals surface area contributed by atoms with Crippen LogP contribution < -0.4 is 0 Å². The maximum Gasteiger partial charge on any atom is 0.472 e. The molecule has 3 N–H and O–H groups in total. The molecule has 0 heterocycles. The SMILES string of the molecule is CCC(C)CCCCCCCCCCCCCCCCC(=O)O[C@H](COC(=O)CCCCCCCCCC(C)C)COP(=O)(O)OCC(O)COP(=O)(O)OC[C@@H](COC(=O)CCCCCCCCCCCCCCCCCCCCC(C)C)OC(=O)CCCCCCCCCCCCCC(C)C. The molecule has 0 amide bonds. The second-order valence-electron chi connectivity index (χ2n) is 31.9. The fourth-order valence-electron chi connectivity index (χ4n) is 12.9. The van der Waals surface area contributed by atoms with E-state index in [1.165, 1.54) is 231 Å². The predicted molar refractivity (Wildman–Crippen MR) is 423 cm³/mol. The van der Waals surface area contributed by atoms with Crippen molar-refractivity contribution in [1.29, 1.82) is 0 Å². The average molecular weight is 1510 g/mol. The highest BCUT2D eigenvalue weighted by Crippen LogP contribution is 2.45. The molecule has 0 aliphatic rings. The molecule has 0 saturated heterocycles. The monoisotopic (exact) mass is 1510 g/mol. The van der Waals surface area contributed by atoms with E-state index < -0.39 is 97.5 Å². The van der Waals surface area contributed by atoms with Crippen LogP contribution in [0.25, 0.3) is 0 Å². The zero-order valence-corrected chi connectivity index (χ0v) is 69.7. The summed E-state index contributed by atoms with van der Waals surface area (Å²) in [5, 5.41) is 10.7. The van der Waals surface area contributed by atoms with Gasteiger partial charge in [-0.25, -0.2) is 9.13 Å². The van der Waals surface area contributed by atoms with Gasteiger partial charge in [0.15, 0.2) is 12.2 Å². The minimum absolute atomic E-state index is 0.107. The lowest BCUT2D eigenvalue weighted by Crippen LogP contribution is -2.30. The van der Waals surface area contributed by atoms with Crippen molar-refractivity contribution in [2.24, 2.45) is 23.7 Å². The predicted octanol–water partition coefficient (Wildman–Crippen LogP) is 25.2. The number of hydrogen-bond acceptors (Lipinski definition) is 15. The molecule has 0 saturated carbocycles. The fraction of sp³-hybridized carbons (Fsp3) is 0.952. The number of carbonyl (C=O) groups excluding carboxylic acids is 4. The van der Waals surface area contributed by atoms with Gasteiger partial charge >= 0.3 is 39.5 Å². The Morgan fingerprint density at radius 3 is 0.689 bits per heavy atom. The van der Waals surface area contributed by atoms with Crippen LogP contribution in [0, 0.1) is 23.7 Å². The van der Waals surface area contributed by atoms with Gasteiger partial charge in [0.2, 0.25) is 0 Å². The van der Waals surface area contributed by atoms with Crippen molar-refractivity contribution in [3.63, 3.8) is 0 Å². The van der Waals surface area contributed by atoms with Crippen LogP contribution in [0.15, 0.2) is 0 Å². The molecular formula is C84H164O17P2. The largest absolute Gasteiger partial charge is 0.472 e. The topological polar surface area (TPSA) is 237 Å². The van der Waals surface area contributed by atoms with E-state index in [1.54, 1.807) is 0 Å². The van der Waals surface area contributed by atoms with Gasteiger partial charge < -0.3 is 33.8 Å². The van der Waals surface area contributed by atoms with Crippen LogP contribution in [0.5, 0.6) is 0 Å². The summed E-state index contributed by atoms with van der Waals surface area (Å²) in [6.45, 7) is 14.3. The van der Waals surface area contributed by atoms with E-state index in [4.69, 9.17) is 37.0 Å². The molecule has 6 atom stereocenters. The summed E-state index contributed by atoms with van der Waals surface area (Å²) < 4.78 is 68.8. The van der Waals surface area contributed by atoms with E-state index in [0.717, 1.165) is 114 Å². The van der Waals surface area contributed by atoms with Gasteiger partial charge in [0.05, 0.1) is 26.4 Å². The summed E-state index contributed by atoms with van der Waals surface area (Å²) in [6.07, 6.45) is 61.1. The highest BCUT2D eigenvalue weighted by Gasteiger charge is 2.30. The first kappa shape index (κ1) is 101. The van der Waals surface area contributed by atoms with Gasteiger partial charge in [0.1, 0.15) is 19.3 Å². The summed E-state index contributed by atoms with van der Waals surface area (Å²) in [4.78, 5) is 73.1. The number of aliphatic hydroxyl groups is 1. The van der Waals surface area contributed by atoms with Gasteiger partial charge in [-0.05, 0) is 49.4 Å². The van der Waals surface area contributed by atoms with Gasteiger partial charge in [-0.15, -0.1) is 0 Å². The Balaban J connectivity index is 5.20. The normalized spacial score (nSPS) is 14.2. The van der Waals surface area contributed by atoms with E-state index in [9.17, 15) is 43.2 Å². The first-order valence-electron chi connectivity index (χ1n) is 43.2. The summed E-state index contributed by atoms with van der Waals surface area (Å²) >= 11 is 0. The van der Waals surface area contributed by atoms with E-state index in [1.807, 2.05) is 0 Å². The van der Waals surface area contributed by atoms with Crippen LogP contribution in [0.4, 0.5) is 0 Å². The lowest BCUT2D eigenvalue weighted by molar-refractivity contribution is -0.161. The number of ether oxygens (including phenoxy) is 4. The molecule has 0 spiro atoms. The zero-order valence-electron chi connectivity index (χ0n) is 68.0. The maximum atomic E-state index is 13.1. The number of carbonyl (C=O) groups is 4. The molecule has 103 heavy (non-hydrogen) atoms. The number of hydrogen-bond donors (Lipinski definition) is 3. The molecule has 612 valence electrons. The molecule has 0 aromatic rings. The average Bonchev–Trinajstić information content (AvgIpc) is 0.910. The number of esters is 4. The van der Waals surface area contributed by atoms with E-state index in [-0.39, 0.29) is 25.7 Å². The Labute approximate surface area is 632 Å². The van der Waals surface area contributed by atoms with Crippen molar-refractivity contribution in [1.82, 2.24) is 0 Å². The minimum Gasteiger partial charge on any atom is -0.462 e. The maximum absolute atomic E-state index is 13.1. The van der Waals surface area contributed by atoms with Crippen molar-refractivity contribution >= 4 is 39.5 Å². The molecule has 19 heteroatoms. The summed E-state index contributed by atoms with van der Waals surface area (Å²) in [6, 6.07) is 0. The molecule has 0 bridgehead atoms. The molecule has 0 aliphatic carbocycles. The number of phosphoric ester groups is 2. The molecule has 0 rings (SSSR count). The third-order valence-electron chi connectivity index (χ3n) is 19.9. The first-order valence-corrected chi connectivity index (χ1v) is 46.2. The van der Waals surface area contributed by atoms with Crippen LogP contribution in [-0.2, 0) is 65.4 Å². The van der Waals surface area contributed by atoms with Crippen molar-refractivity contribution in [2.45, 2.75) is 453 Å². The zero-order chi connectivity index (χ0) is 76.0. The molecule has 0 radical (unpaired) electrons. The van der Waals surface area contributed by atoms with Gasteiger partial charge in [-0.3, -0.25) is 37.3 Å². The third kappa shape index (κ3) is 76.6. The third-order valence-corrected chi connectivity index (χ3v) is 21.8. The minimum atomic E-state index is -4.96. The highest BCUT2D eigenvalue weighted by molar-refractivity contribution is 7.47. The van der Waals surface area contributed by atoms with Gasteiger partial charge in [0.25, 0.3) is 0 Å². The van der Waals surface area contributed by atoms with Gasteiger partial charge in [-0.1, -0.05) is 383 Å². The quantitative estimate of drug-likeness (QED) is 0.0222. The number of unbranched alkanes of at least 4 members (excludes halogenated alkanes) is 46. The van der Waals surface area contributed by atoms with Crippen molar-refractivity contribution < 1.29 is 80.2 Å². The highest BCUT2D eigenvalue weighted by atomic mass is 31.2. The smallest absolute Gasteiger partial charge is 0.462 e. The lowest BCUT2D eigenvalue weighted by Gasteiger charge is -2.21. The van der Waals surface area contributed by atoms with Crippen molar-refractivity contribution in [2.75, 3.05) is 39.6 Å². The standard InChI is InChI=1S/C84H164O17P2/c1-9-77(8)63-55-47-39-31-25-19-16-17-21-27-33-41-50-58-66-83(88)101-80(71-95-82(87)65-57-49-43-35-38-46-54-62-76(6)7)73-99-103(92,93)97-69-78(85)68-96-102(90,91)98-72-79(100-84(89)67-59-51-42-34-28-22-24-30-37-45-53-61-75(4)5)70-94-81(86)64-56-48-40-32-26-20-15-13-11-10-12-14-18-23-29-36-44-52-60-74(2)3/h74-80,85H,9-73H2,1-8H3,(H,90,91)(H,92,93)/t77?,78?,79-,80-/m1/s1. The van der Waals surface area contributed by atoms with Crippen LogP contribution in [0.1, 0.15) is 434 Å². The first-order chi connectivity index (χ1) is 49.6.